The molecule has 25 heavy (non-hydrogen) atoms. The number of aryl methyl sites for hydroxylation is 1. The van der Waals surface area contributed by atoms with Gasteiger partial charge in [-0.25, -0.2) is 0 Å². The molecular weight excluding hydrogens is 314 g/mol. The van der Waals surface area contributed by atoms with E-state index >= 15 is 0 Å². The first-order valence-electron chi connectivity index (χ1n) is 8.48. The number of carbonyl (C=O) groups excluding carboxylic acids is 2. The van der Waals surface area contributed by atoms with Gasteiger partial charge >= 0.3 is 0 Å². The topological polar surface area (TPSA) is 75.4 Å². The highest BCUT2D eigenvalue weighted by Crippen LogP contribution is 2.26. The standard InChI is InChI=1S/C20H23N3O2/c1-13-8-10-15(11-9-13)18(21)19(24)22-17-12-14(2)23(20(17)25)16-6-4-3-5-7-16/h3-11,14,17-18H,12,21H2,1-2H3,(H,22,24). The van der Waals surface area contributed by atoms with Crippen molar-refractivity contribution in [1.82, 2.24) is 5.32 Å². The molecule has 0 spiro atoms. The van der Waals surface area contributed by atoms with E-state index in [9.17, 15) is 9.59 Å². The number of nitrogens with two attached hydrogens (primary N) is 1. The molecule has 2 aromatic rings. The molecule has 5 nitrogen and oxygen atoms in total. The Bertz CT molecular complexity index is 758. The molecule has 3 N–H and O–H groups in total. The average Bonchev–Trinajstić information content (AvgIpc) is 2.89. The molecule has 0 bridgehead atoms. The zero-order valence-electron chi connectivity index (χ0n) is 14.5. The van der Waals surface area contributed by atoms with Crippen LogP contribution in [0.25, 0.3) is 0 Å². The van der Waals surface area contributed by atoms with Crippen LogP contribution in [0.3, 0.4) is 0 Å². The zero-order chi connectivity index (χ0) is 18.0. The molecule has 0 radical (unpaired) electrons. The first-order chi connectivity index (χ1) is 12.0. The summed E-state index contributed by atoms with van der Waals surface area (Å²) in [5.41, 5.74) is 8.75. The Morgan fingerprint density at radius 2 is 1.80 bits per heavy atom. The van der Waals surface area contributed by atoms with Crippen LogP contribution in [0.5, 0.6) is 0 Å². The first kappa shape index (κ1) is 17.2. The monoisotopic (exact) mass is 337 g/mol. The highest BCUT2D eigenvalue weighted by atomic mass is 16.2. The van der Waals surface area contributed by atoms with Crippen LogP contribution in [0.1, 0.15) is 30.5 Å². The van der Waals surface area contributed by atoms with E-state index < -0.39 is 12.1 Å². The summed E-state index contributed by atoms with van der Waals surface area (Å²) in [7, 11) is 0. The van der Waals surface area contributed by atoms with Crippen LogP contribution in [0.4, 0.5) is 5.69 Å². The van der Waals surface area contributed by atoms with Crippen molar-refractivity contribution in [3.8, 4) is 0 Å². The number of hydrogen-bond donors (Lipinski definition) is 2. The maximum absolute atomic E-state index is 12.7. The lowest BCUT2D eigenvalue weighted by molar-refractivity contribution is -0.127. The van der Waals surface area contributed by atoms with Crippen molar-refractivity contribution in [3.63, 3.8) is 0 Å². The smallest absolute Gasteiger partial charge is 0.249 e. The van der Waals surface area contributed by atoms with Crippen molar-refractivity contribution in [2.75, 3.05) is 4.90 Å². The van der Waals surface area contributed by atoms with Gasteiger partial charge in [-0.05, 0) is 38.0 Å². The first-order valence-corrected chi connectivity index (χ1v) is 8.48. The van der Waals surface area contributed by atoms with Gasteiger partial charge in [-0.2, -0.15) is 0 Å². The number of para-hydroxylation sites is 1. The van der Waals surface area contributed by atoms with Crippen molar-refractivity contribution in [2.45, 2.75) is 38.4 Å². The number of nitrogens with one attached hydrogen (secondary N) is 1. The number of anilines is 1. The fourth-order valence-corrected chi connectivity index (χ4v) is 3.21. The highest BCUT2D eigenvalue weighted by Gasteiger charge is 2.39. The van der Waals surface area contributed by atoms with E-state index in [4.69, 9.17) is 5.73 Å². The van der Waals surface area contributed by atoms with Gasteiger partial charge in [0.25, 0.3) is 0 Å². The summed E-state index contributed by atoms with van der Waals surface area (Å²) in [6, 6.07) is 15.7. The highest BCUT2D eigenvalue weighted by molar-refractivity contribution is 6.02. The lowest BCUT2D eigenvalue weighted by Gasteiger charge is -2.21. The quantitative estimate of drug-likeness (QED) is 0.899. The summed E-state index contributed by atoms with van der Waals surface area (Å²) < 4.78 is 0. The fourth-order valence-electron chi connectivity index (χ4n) is 3.21. The van der Waals surface area contributed by atoms with Gasteiger partial charge in [0.05, 0.1) is 0 Å². The maximum atomic E-state index is 12.7. The minimum atomic E-state index is -0.783. The number of benzene rings is 2. The molecule has 5 heteroatoms. The Balaban J connectivity index is 1.69. The molecule has 0 aliphatic carbocycles. The van der Waals surface area contributed by atoms with Gasteiger partial charge in [-0.1, -0.05) is 48.0 Å². The lowest BCUT2D eigenvalue weighted by atomic mass is 10.0. The molecule has 1 aliphatic rings. The van der Waals surface area contributed by atoms with Crippen LogP contribution >= 0.6 is 0 Å². The molecule has 1 fully saturated rings. The number of rotatable bonds is 4. The average molecular weight is 337 g/mol. The van der Waals surface area contributed by atoms with E-state index in [0.717, 1.165) is 16.8 Å². The molecule has 1 aliphatic heterocycles. The van der Waals surface area contributed by atoms with E-state index in [1.165, 1.54) is 0 Å². The number of amides is 2. The van der Waals surface area contributed by atoms with E-state index in [1.54, 1.807) is 4.90 Å². The summed E-state index contributed by atoms with van der Waals surface area (Å²) >= 11 is 0. The van der Waals surface area contributed by atoms with Gasteiger partial charge < -0.3 is 16.0 Å². The SMILES string of the molecule is Cc1ccc(C(N)C(=O)NC2CC(C)N(c3ccccc3)C2=O)cc1. The molecule has 3 rings (SSSR count). The van der Waals surface area contributed by atoms with Gasteiger partial charge in [0.15, 0.2) is 0 Å². The molecule has 2 amide bonds. The number of carbonyl (C=O) groups is 2. The number of hydrogen-bond acceptors (Lipinski definition) is 3. The van der Waals surface area contributed by atoms with Crippen molar-refractivity contribution in [2.24, 2.45) is 5.73 Å². The van der Waals surface area contributed by atoms with Crippen LogP contribution in [0.2, 0.25) is 0 Å². The van der Waals surface area contributed by atoms with Gasteiger partial charge in [0.1, 0.15) is 12.1 Å². The minimum Gasteiger partial charge on any atom is -0.343 e. The second-order valence-electron chi connectivity index (χ2n) is 6.58. The Hall–Kier alpha value is -2.66. The van der Waals surface area contributed by atoms with Crippen molar-refractivity contribution >= 4 is 17.5 Å². The van der Waals surface area contributed by atoms with Gasteiger partial charge in [-0.3, -0.25) is 9.59 Å². The summed E-state index contributed by atoms with van der Waals surface area (Å²) in [6.45, 7) is 3.96. The summed E-state index contributed by atoms with van der Waals surface area (Å²) in [4.78, 5) is 26.9. The van der Waals surface area contributed by atoms with E-state index in [2.05, 4.69) is 5.32 Å². The molecule has 130 valence electrons. The Kier molecular flexibility index (Phi) is 4.86. The molecule has 1 heterocycles. The van der Waals surface area contributed by atoms with E-state index in [-0.39, 0.29) is 17.9 Å². The van der Waals surface area contributed by atoms with Crippen LogP contribution < -0.4 is 16.0 Å². The Labute approximate surface area is 147 Å². The van der Waals surface area contributed by atoms with E-state index in [1.807, 2.05) is 68.4 Å². The van der Waals surface area contributed by atoms with Gasteiger partial charge in [0.2, 0.25) is 11.8 Å². The predicted octanol–water partition coefficient (Wildman–Crippen LogP) is 2.31. The Morgan fingerprint density at radius 1 is 1.16 bits per heavy atom. The van der Waals surface area contributed by atoms with Gasteiger partial charge in [0, 0.05) is 11.7 Å². The van der Waals surface area contributed by atoms with Crippen molar-refractivity contribution < 1.29 is 9.59 Å². The molecule has 0 aromatic heterocycles. The molecule has 1 saturated heterocycles. The Morgan fingerprint density at radius 3 is 2.44 bits per heavy atom. The lowest BCUT2D eigenvalue weighted by Crippen LogP contribution is -2.45. The fraction of sp³-hybridized carbons (Fsp3) is 0.300. The van der Waals surface area contributed by atoms with Crippen molar-refractivity contribution in [1.29, 1.82) is 0 Å². The van der Waals surface area contributed by atoms with Crippen LogP contribution in [-0.2, 0) is 9.59 Å². The van der Waals surface area contributed by atoms with Gasteiger partial charge in [-0.15, -0.1) is 0 Å². The second-order valence-corrected chi connectivity index (χ2v) is 6.58. The summed E-state index contributed by atoms with van der Waals surface area (Å²) in [5, 5.41) is 2.82. The second kappa shape index (κ2) is 7.07. The third kappa shape index (κ3) is 3.56. The predicted molar refractivity (Wildman–Crippen MR) is 98.0 cm³/mol. The summed E-state index contributed by atoms with van der Waals surface area (Å²) in [5.74, 6) is -0.424. The maximum Gasteiger partial charge on any atom is 0.249 e. The van der Waals surface area contributed by atoms with Crippen LogP contribution in [-0.4, -0.2) is 23.9 Å². The largest absolute Gasteiger partial charge is 0.343 e. The van der Waals surface area contributed by atoms with E-state index in [0.29, 0.717) is 6.42 Å². The summed E-state index contributed by atoms with van der Waals surface area (Å²) in [6.07, 6.45) is 0.570. The molecule has 0 saturated carbocycles. The molecular formula is C20H23N3O2. The van der Waals surface area contributed by atoms with Crippen LogP contribution in [0, 0.1) is 6.92 Å². The third-order valence-electron chi connectivity index (χ3n) is 4.62. The molecule has 3 atom stereocenters. The molecule has 2 aromatic carbocycles. The number of nitrogens with zero attached hydrogens (tertiary/aromatic N) is 1. The third-order valence-corrected chi connectivity index (χ3v) is 4.62. The molecule has 3 unspecified atom stereocenters. The normalized spacial score (nSPS) is 21.2. The van der Waals surface area contributed by atoms with Crippen molar-refractivity contribution in [3.05, 3.63) is 65.7 Å². The van der Waals surface area contributed by atoms with Crippen LogP contribution in [0.15, 0.2) is 54.6 Å². The zero-order valence-corrected chi connectivity index (χ0v) is 14.5. The minimum absolute atomic E-state index is 0.0239.